The van der Waals surface area contributed by atoms with E-state index in [1.165, 1.54) is 11.3 Å². The lowest BCUT2D eigenvalue weighted by molar-refractivity contribution is -0.186. The van der Waals surface area contributed by atoms with E-state index in [4.69, 9.17) is 33.2 Å². The fraction of sp³-hybridized carbons (Fsp3) is 0.394. The first kappa shape index (κ1) is 35.5. The van der Waals surface area contributed by atoms with Gasteiger partial charge in [0, 0.05) is 38.9 Å². The van der Waals surface area contributed by atoms with Gasteiger partial charge >= 0.3 is 17.9 Å². The van der Waals surface area contributed by atoms with E-state index in [9.17, 15) is 19.2 Å². The average Bonchev–Trinajstić information content (AvgIpc) is 3.05. The molecule has 1 aromatic heterocycles. The molecular weight excluding hydrogens is 604 g/mol. The van der Waals surface area contributed by atoms with Crippen molar-refractivity contribution in [1.29, 1.82) is 0 Å². The van der Waals surface area contributed by atoms with Crippen LogP contribution in [0.15, 0.2) is 72.6 Å². The second-order valence-electron chi connectivity index (χ2n) is 9.57. The van der Waals surface area contributed by atoms with Gasteiger partial charge in [0.05, 0.1) is 38.6 Å². The van der Waals surface area contributed by atoms with Crippen LogP contribution in [0.25, 0.3) is 20.2 Å². The van der Waals surface area contributed by atoms with Gasteiger partial charge in [0.25, 0.3) is 0 Å². The number of ether oxygens (including phenoxy) is 7. The molecule has 0 aliphatic heterocycles. The summed E-state index contributed by atoms with van der Waals surface area (Å²) in [5.74, 6) is -1.60. The molecule has 0 N–H and O–H groups in total. The summed E-state index contributed by atoms with van der Waals surface area (Å²) < 4.78 is 39.7. The number of hydrogen-bond donors (Lipinski definition) is 0. The van der Waals surface area contributed by atoms with Crippen LogP contribution in [0.2, 0.25) is 0 Å². The molecule has 242 valence electrons. The Balaban J connectivity index is 1.52. The van der Waals surface area contributed by atoms with E-state index in [1.807, 2.05) is 18.2 Å². The normalized spacial score (nSPS) is 12.4. The zero-order valence-corrected chi connectivity index (χ0v) is 26.1. The molecule has 3 aromatic rings. The molecule has 2 aromatic carbocycles. The Morgan fingerprint density at radius 2 is 1.47 bits per heavy atom. The molecule has 11 nitrogen and oxygen atoms in total. The van der Waals surface area contributed by atoms with Crippen molar-refractivity contribution in [3.63, 3.8) is 0 Å². The van der Waals surface area contributed by atoms with Crippen molar-refractivity contribution in [2.24, 2.45) is 0 Å². The second-order valence-corrected chi connectivity index (χ2v) is 10.7. The third-order valence-electron chi connectivity index (χ3n) is 6.21. The van der Waals surface area contributed by atoms with Crippen molar-refractivity contribution in [3.8, 4) is 0 Å². The predicted molar refractivity (Wildman–Crippen MR) is 169 cm³/mol. The number of carbonyl (C=O) groups excluding carboxylic acids is 3. The molecule has 2 unspecified atom stereocenters. The van der Waals surface area contributed by atoms with Crippen LogP contribution in [0.1, 0.15) is 30.1 Å². The number of unbranched alkanes of at least 4 members (excludes halogenated alkanes) is 1. The summed E-state index contributed by atoms with van der Waals surface area (Å²) in [6.45, 7) is 9.72. The Hall–Kier alpha value is -3.94. The molecular formula is C33H38O11S. The Labute approximate surface area is 265 Å². The van der Waals surface area contributed by atoms with Gasteiger partial charge in [-0.05, 0) is 50.1 Å². The minimum Gasteiger partial charge on any atom is -0.463 e. The molecule has 0 aliphatic carbocycles. The number of esters is 3. The first-order valence-corrected chi connectivity index (χ1v) is 15.3. The minimum atomic E-state index is -0.684. The number of benzene rings is 2. The fourth-order valence-corrected chi connectivity index (χ4v) is 5.06. The molecule has 3 rings (SSSR count). The molecule has 0 spiro atoms. The van der Waals surface area contributed by atoms with Crippen LogP contribution in [0.3, 0.4) is 0 Å². The summed E-state index contributed by atoms with van der Waals surface area (Å²) in [5.41, 5.74) is 0.103. The van der Waals surface area contributed by atoms with Gasteiger partial charge in [0.1, 0.15) is 19.3 Å². The molecule has 0 aliphatic rings. The van der Waals surface area contributed by atoms with E-state index < -0.39 is 30.3 Å². The van der Waals surface area contributed by atoms with Gasteiger partial charge in [-0.15, -0.1) is 11.3 Å². The number of fused-ring (bicyclic) bond motifs is 2. The number of rotatable bonds is 21. The summed E-state index contributed by atoms with van der Waals surface area (Å²) in [6.07, 6.45) is 2.07. The van der Waals surface area contributed by atoms with E-state index in [0.717, 1.165) is 21.6 Å². The Bertz CT molecular complexity index is 1500. The summed E-state index contributed by atoms with van der Waals surface area (Å²) >= 11 is 1.48. The summed E-state index contributed by atoms with van der Waals surface area (Å²) in [6, 6.07) is 12.3. The van der Waals surface area contributed by atoms with E-state index in [1.54, 1.807) is 31.2 Å². The highest BCUT2D eigenvalue weighted by Gasteiger charge is 2.19. The molecule has 0 bridgehead atoms. The molecule has 12 heteroatoms. The molecule has 0 fully saturated rings. The van der Waals surface area contributed by atoms with E-state index in [2.05, 4.69) is 13.2 Å². The highest BCUT2D eigenvalue weighted by atomic mass is 32.1. The molecule has 0 saturated carbocycles. The largest absolute Gasteiger partial charge is 0.463 e. The number of carbonyl (C=O) groups is 3. The van der Waals surface area contributed by atoms with Crippen LogP contribution in [-0.2, 0) is 42.7 Å². The van der Waals surface area contributed by atoms with E-state index in [0.29, 0.717) is 30.2 Å². The van der Waals surface area contributed by atoms with Gasteiger partial charge in [-0.3, -0.25) is 4.79 Å². The zero-order chi connectivity index (χ0) is 32.4. The Morgan fingerprint density at radius 1 is 0.778 bits per heavy atom. The third kappa shape index (κ3) is 12.2. The quantitative estimate of drug-likeness (QED) is 0.0404. The Morgan fingerprint density at radius 3 is 2.24 bits per heavy atom. The molecule has 45 heavy (non-hydrogen) atoms. The summed E-state index contributed by atoms with van der Waals surface area (Å²) in [7, 11) is 0. The number of hydrogen-bond acceptors (Lipinski definition) is 12. The van der Waals surface area contributed by atoms with Gasteiger partial charge in [0.2, 0.25) is 0 Å². The van der Waals surface area contributed by atoms with Crippen LogP contribution in [0.4, 0.5) is 0 Å². The first-order valence-electron chi connectivity index (χ1n) is 14.5. The maximum absolute atomic E-state index is 13.1. The molecule has 0 radical (unpaired) electrons. The molecule has 0 amide bonds. The standard InChI is InChI=1S/C33H38O11S/c1-4-30(34)41-15-9-8-14-39-21-25(44-23(3)40-18-16-38-17-19-42-31(35)5-2)22-43-33(37)24-12-13-29-27(20-24)32(36)26-10-6-7-11-28(26)45-29/h4-7,10-13,20,23,25H,1-2,8-9,14-19,21-22H2,3H3. The lowest BCUT2D eigenvalue weighted by atomic mass is 10.1. The van der Waals surface area contributed by atoms with Crippen LogP contribution < -0.4 is 5.43 Å². The van der Waals surface area contributed by atoms with Gasteiger partial charge < -0.3 is 33.2 Å². The van der Waals surface area contributed by atoms with Gasteiger partial charge in [-0.2, -0.15) is 0 Å². The van der Waals surface area contributed by atoms with Gasteiger partial charge in [0.15, 0.2) is 11.7 Å². The van der Waals surface area contributed by atoms with Crippen molar-refractivity contribution >= 4 is 49.4 Å². The van der Waals surface area contributed by atoms with E-state index in [-0.39, 0.29) is 57.2 Å². The van der Waals surface area contributed by atoms with Crippen molar-refractivity contribution < 1.29 is 47.5 Å². The average molecular weight is 643 g/mol. The lowest BCUT2D eigenvalue weighted by Crippen LogP contribution is -2.32. The maximum Gasteiger partial charge on any atom is 0.338 e. The van der Waals surface area contributed by atoms with Crippen LogP contribution in [0.5, 0.6) is 0 Å². The second kappa shape index (κ2) is 19.4. The van der Waals surface area contributed by atoms with Crippen molar-refractivity contribution in [1.82, 2.24) is 0 Å². The van der Waals surface area contributed by atoms with Crippen molar-refractivity contribution in [2.45, 2.75) is 32.2 Å². The van der Waals surface area contributed by atoms with Crippen molar-refractivity contribution in [3.05, 3.63) is 83.6 Å². The highest BCUT2D eigenvalue weighted by Crippen LogP contribution is 2.25. The fourth-order valence-electron chi connectivity index (χ4n) is 4.01. The van der Waals surface area contributed by atoms with E-state index >= 15 is 0 Å². The zero-order valence-electron chi connectivity index (χ0n) is 25.2. The van der Waals surface area contributed by atoms with Gasteiger partial charge in [-0.1, -0.05) is 25.3 Å². The Kier molecular flexibility index (Phi) is 15.4. The van der Waals surface area contributed by atoms with Crippen molar-refractivity contribution in [2.75, 3.05) is 52.9 Å². The molecule has 0 saturated heterocycles. The third-order valence-corrected chi connectivity index (χ3v) is 7.36. The highest BCUT2D eigenvalue weighted by molar-refractivity contribution is 7.24. The minimum absolute atomic E-state index is 0.100. The van der Waals surface area contributed by atoms with Gasteiger partial charge in [-0.25, -0.2) is 14.4 Å². The molecule has 2 atom stereocenters. The topological polar surface area (TPSA) is 133 Å². The first-order chi connectivity index (χ1) is 21.8. The lowest BCUT2D eigenvalue weighted by Gasteiger charge is -2.22. The van der Waals surface area contributed by atoms with Crippen LogP contribution in [0, 0.1) is 0 Å². The summed E-state index contributed by atoms with van der Waals surface area (Å²) in [4.78, 5) is 48.2. The molecule has 1 heterocycles. The predicted octanol–water partition coefficient (Wildman–Crippen LogP) is 4.59. The monoisotopic (exact) mass is 642 g/mol. The smallest absolute Gasteiger partial charge is 0.338 e. The van der Waals surface area contributed by atoms with Crippen LogP contribution >= 0.6 is 11.3 Å². The maximum atomic E-state index is 13.1. The SMILES string of the molecule is C=CC(=O)OCCCCOCC(COC(=O)c1ccc2sc3ccccc3c(=O)c2c1)OC(C)OCCOCCOC(=O)C=C. The van der Waals surface area contributed by atoms with Crippen LogP contribution in [-0.4, -0.2) is 83.2 Å². The summed E-state index contributed by atoms with van der Waals surface area (Å²) in [5, 5.41) is 1.05.